The molecule has 1 atom stereocenters. The first-order chi connectivity index (χ1) is 12.8. The van der Waals surface area contributed by atoms with Gasteiger partial charge in [-0.1, -0.05) is 79.1 Å². The Kier molecular flexibility index (Phi) is 6.28. The quantitative estimate of drug-likeness (QED) is 0.391. The van der Waals surface area contributed by atoms with Gasteiger partial charge in [0.2, 0.25) is 0 Å². The van der Waals surface area contributed by atoms with Crippen molar-refractivity contribution in [2.45, 2.75) is 13.3 Å². The van der Waals surface area contributed by atoms with E-state index in [1.165, 1.54) is 22.3 Å². The SMILES string of the molecule is CCC#Cc1ccc(-c2ccc(-c3ccc(C#CCP)cc3)cc2)cc1. The van der Waals surface area contributed by atoms with Crippen LogP contribution in [0, 0.1) is 23.7 Å². The molecule has 0 fully saturated rings. The molecule has 3 aromatic carbocycles. The molecule has 0 spiro atoms. The molecule has 0 aromatic heterocycles. The largest absolute Gasteiger partial charge is 0.125 e. The topological polar surface area (TPSA) is 0 Å². The summed E-state index contributed by atoms with van der Waals surface area (Å²) in [5.41, 5.74) is 6.97. The second kappa shape index (κ2) is 9.06. The molecule has 3 rings (SSSR count). The zero-order valence-electron chi connectivity index (χ0n) is 14.9. The maximum Gasteiger partial charge on any atom is 0.0245 e. The van der Waals surface area contributed by atoms with Crippen LogP contribution in [-0.4, -0.2) is 6.16 Å². The van der Waals surface area contributed by atoms with Crippen LogP contribution in [0.4, 0.5) is 0 Å². The third kappa shape index (κ3) is 4.64. The van der Waals surface area contributed by atoms with Crippen LogP contribution < -0.4 is 0 Å². The summed E-state index contributed by atoms with van der Waals surface area (Å²) in [6.07, 6.45) is 1.68. The van der Waals surface area contributed by atoms with Crippen LogP contribution in [0.15, 0.2) is 72.8 Å². The van der Waals surface area contributed by atoms with Crippen molar-refractivity contribution in [3.05, 3.63) is 83.9 Å². The highest BCUT2D eigenvalue weighted by molar-refractivity contribution is 7.16. The molecule has 126 valence electrons. The molecule has 26 heavy (non-hydrogen) atoms. The van der Waals surface area contributed by atoms with Gasteiger partial charge in [0.15, 0.2) is 0 Å². The van der Waals surface area contributed by atoms with E-state index in [4.69, 9.17) is 0 Å². The van der Waals surface area contributed by atoms with Crippen molar-refractivity contribution in [1.82, 2.24) is 0 Å². The summed E-state index contributed by atoms with van der Waals surface area (Å²) in [4.78, 5) is 0. The Morgan fingerprint density at radius 3 is 1.27 bits per heavy atom. The minimum Gasteiger partial charge on any atom is -0.125 e. The predicted octanol–water partition coefficient (Wildman–Crippen LogP) is 6.01. The highest BCUT2D eigenvalue weighted by Gasteiger charge is 2.01. The summed E-state index contributed by atoms with van der Waals surface area (Å²) in [5, 5.41) is 0. The average molecular weight is 352 g/mol. The monoisotopic (exact) mass is 352 g/mol. The fraction of sp³-hybridized carbons (Fsp3) is 0.120. The Morgan fingerprint density at radius 2 is 0.923 bits per heavy atom. The van der Waals surface area contributed by atoms with Crippen LogP contribution in [0.1, 0.15) is 24.5 Å². The summed E-state index contributed by atoms with van der Waals surface area (Å²) in [7, 11) is 2.62. The van der Waals surface area contributed by atoms with Crippen LogP contribution in [0.2, 0.25) is 0 Å². The average Bonchev–Trinajstić information content (AvgIpc) is 2.72. The predicted molar refractivity (Wildman–Crippen MR) is 116 cm³/mol. The van der Waals surface area contributed by atoms with Gasteiger partial charge in [0.05, 0.1) is 0 Å². The highest BCUT2D eigenvalue weighted by Crippen LogP contribution is 2.25. The summed E-state index contributed by atoms with van der Waals surface area (Å²) in [6.45, 7) is 2.06. The van der Waals surface area contributed by atoms with Gasteiger partial charge >= 0.3 is 0 Å². The molecule has 3 aromatic rings. The van der Waals surface area contributed by atoms with Crippen molar-refractivity contribution in [3.8, 4) is 45.9 Å². The summed E-state index contributed by atoms with van der Waals surface area (Å²) >= 11 is 0. The van der Waals surface area contributed by atoms with E-state index >= 15 is 0 Å². The van der Waals surface area contributed by atoms with Gasteiger partial charge in [-0.3, -0.25) is 0 Å². The van der Waals surface area contributed by atoms with Gasteiger partial charge in [-0.05, 0) is 46.5 Å². The van der Waals surface area contributed by atoms with Gasteiger partial charge in [-0.15, -0.1) is 9.24 Å². The van der Waals surface area contributed by atoms with Crippen LogP contribution in [0.3, 0.4) is 0 Å². The first-order valence-corrected chi connectivity index (χ1v) is 9.60. The lowest BCUT2D eigenvalue weighted by Crippen LogP contribution is -1.82. The minimum absolute atomic E-state index is 0.801. The first kappa shape index (κ1) is 18.0. The molecular weight excluding hydrogens is 331 g/mol. The Morgan fingerprint density at radius 1 is 0.577 bits per heavy atom. The summed E-state index contributed by atoms with van der Waals surface area (Å²) in [5.74, 6) is 12.5. The van der Waals surface area contributed by atoms with E-state index in [0.717, 1.165) is 23.7 Å². The lowest BCUT2D eigenvalue weighted by Gasteiger charge is -2.06. The maximum atomic E-state index is 3.16. The number of hydrogen-bond acceptors (Lipinski definition) is 0. The van der Waals surface area contributed by atoms with Crippen molar-refractivity contribution >= 4 is 9.24 Å². The van der Waals surface area contributed by atoms with Gasteiger partial charge in [-0.25, -0.2) is 0 Å². The zero-order chi connectivity index (χ0) is 18.2. The Balaban J connectivity index is 1.78. The summed E-state index contributed by atoms with van der Waals surface area (Å²) in [6, 6.07) is 25.5. The van der Waals surface area contributed by atoms with Crippen LogP contribution >= 0.6 is 9.24 Å². The van der Waals surface area contributed by atoms with E-state index in [9.17, 15) is 0 Å². The van der Waals surface area contributed by atoms with E-state index in [1.54, 1.807) is 0 Å². The fourth-order valence-electron chi connectivity index (χ4n) is 2.69. The second-order valence-corrected chi connectivity index (χ2v) is 6.30. The Hall–Kier alpha value is -2.79. The Labute approximate surface area is 158 Å². The Bertz CT molecular complexity index is 886. The molecular formula is C25H21P. The molecule has 0 radical (unpaired) electrons. The molecule has 0 N–H and O–H groups in total. The van der Waals surface area contributed by atoms with Crippen LogP contribution in [0.5, 0.6) is 0 Å². The lowest BCUT2D eigenvalue weighted by atomic mass is 9.99. The van der Waals surface area contributed by atoms with Gasteiger partial charge in [0.1, 0.15) is 0 Å². The van der Waals surface area contributed by atoms with E-state index in [1.807, 2.05) is 0 Å². The van der Waals surface area contributed by atoms with Crippen molar-refractivity contribution in [1.29, 1.82) is 0 Å². The van der Waals surface area contributed by atoms with Crippen molar-refractivity contribution in [3.63, 3.8) is 0 Å². The van der Waals surface area contributed by atoms with E-state index < -0.39 is 0 Å². The van der Waals surface area contributed by atoms with Crippen LogP contribution in [-0.2, 0) is 0 Å². The molecule has 0 amide bonds. The smallest absolute Gasteiger partial charge is 0.0245 e. The normalized spacial score (nSPS) is 9.62. The third-order valence-electron chi connectivity index (χ3n) is 4.07. The standard InChI is InChI=1S/C25H21P/c1-2-3-5-20-7-11-22(12-8-20)24-15-17-25(18-16-24)23-13-9-21(10-14-23)6-4-19-26/h7-18H,2,19,26H2,1H3. The molecule has 0 heterocycles. The molecule has 1 unspecified atom stereocenters. The fourth-order valence-corrected chi connectivity index (χ4v) is 2.79. The van der Waals surface area contributed by atoms with E-state index in [2.05, 4.69) is 113 Å². The molecule has 0 bridgehead atoms. The molecule has 1 heteroatoms. The molecule has 0 saturated carbocycles. The van der Waals surface area contributed by atoms with Gasteiger partial charge in [0, 0.05) is 23.7 Å². The number of hydrogen-bond donors (Lipinski definition) is 0. The van der Waals surface area contributed by atoms with E-state index in [-0.39, 0.29) is 0 Å². The first-order valence-electron chi connectivity index (χ1n) is 8.79. The molecule has 0 aliphatic carbocycles. The zero-order valence-corrected chi connectivity index (χ0v) is 16.1. The number of benzene rings is 3. The lowest BCUT2D eigenvalue weighted by molar-refractivity contribution is 1.28. The van der Waals surface area contributed by atoms with Crippen molar-refractivity contribution in [2.75, 3.05) is 6.16 Å². The molecule has 0 aliphatic rings. The van der Waals surface area contributed by atoms with Gasteiger partial charge < -0.3 is 0 Å². The third-order valence-corrected chi connectivity index (χ3v) is 4.27. The molecule has 0 saturated heterocycles. The molecule has 0 aliphatic heterocycles. The maximum absolute atomic E-state index is 3.16. The van der Waals surface area contributed by atoms with Gasteiger partial charge in [0.25, 0.3) is 0 Å². The van der Waals surface area contributed by atoms with Crippen LogP contribution in [0.25, 0.3) is 22.3 Å². The highest BCUT2D eigenvalue weighted by atomic mass is 31.0. The van der Waals surface area contributed by atoms with E-state index in [0.29, 0.717) is 0 Å². The molecule has 0 nitrogen and oxygen atoms in total. The van der Waals surface area contributed by atoms with Crippen molar-refractivity contribution < 1.29 is 0 Å². The number of rotatable bonds is 2. The van der Waals surface area contributed by atoms with Gasteiger partial charge in [-0.2, -0.15) is 0 Å². The minimum atomic E-state index is 0.801. The summed E-state index contributed by atoms with van der Waals surface area (Å²) < 4.78 is 0. The van der Waals surface area contributed by atoms with Crippen molar-refractivity contribution in [2.24, 2.45) is 0 Å². The second-order valence-electron chi connectivity index (χ2n) is 5.89.